The largest absolute Gasteiger partial charge is 0.203 e. The first-order valence-electron chi connectivity index (χ1n) is 3.13. The number of rotatable bonds is 1. The van der Waals surface area contributed by atoms with Crippen LogP contribution in [-0.2, 0) is 0 Å². The van der Waals surface area contributed by atoms with E-state index >= 15 is 0 Å². The Kier molecular flexibility index (Phi) is 1.97. The molecule has 2 aromatic rings. The molecule has 12 heavy (non-hydrogen) atoms. The molecule has 0 aliphatic carbocycles. The predicted molar refractivity (Wildman–Crippen MR) is 45.9 cm³/mol. The van der Waals surface area contributed by atoms with Gasteiger partial charge in [0.05, 0.1) is 0 Å². The summed E-state index contributed by atoms with van der Waals surface area (Å²) >= 11 is 6.74. The van der Waals surface area contributed by atoms with Crippen molar-refractivity contribution in [1.29, 1.82) is 0 Å². The summed E-state index contributed by atoms with van der Waals surface area (Å²) in [6.45, 7) is 0. The van der Waals surface area contributed by atoms with Crippen LogP contribution >= 0.6 is 23.1 Å². The maximum atomic E-state index is 5.61. The van der Waals surface area contributed by atoms with E-state index in [4.69, 9.17) is 11.6 Å². The summed E-state index contributed by atoms with van der Waals surface area (Å²) in [6.07, 6.45) is 1.59. The highest BCUT2D eigenvalue weighted by Gasteiger charge is 2.04. The molecule has 0 radical (unpaired) electrons. The predicted octanol–water partition coefficient (Wildman–Crippen LogP) is 1.65. The van der Waals surface area contributed by atoms with Crippen molar-refractivity contribution in [3.05, 3.63) is 22.8 Å². The van der Waals surface area contributed by atoms with Crippen molar-refractivity contribution in [1.82, 2.24) is 19.6 Å². The molecular weight excluding hydrogens is 196 g/mol. The zero-order chi connectivity index (χ0) is 8.39. The van der Waals surface area contributed by atoms with Crippen LogP contribution in [0.25, 0.3) is 11.5 Å². The zero-order valence-corrected chi connectivity index (χ0v) is 7.38. The topological polar surface area (TPSA) is 51.6 Å². The van der Waals surface area contributed by atoms with E-state index in [1.165, 1.54) is 0 Å². The summed E-state index contributed by atoms with van der Waals surface area (Å²) in [4.78, 5) is 3.95. The molecule has 0 saturated heterocycles. The maximum Gasteiger partial charge on any atom is 0.203 e. The minimum absolute atomic E-state index is 0.413. The van der Waals surface area contributed by atoms with Gasteiger partial charge in [0, 0.05) is 6.20 Å². The smallest absolute Gasteiger partial charge is 0.202 e. The molecule has 2 rings (SSSR count). The van der Waals surface area contributed by atoms with Crippen LogP contribution in [0.2, 0.25) is 4.47 Å². The van der Waals surface area contributed by atoms with E-state index in [0.29, 0.717) is 16.0 Å². The van der Waals surface area contributed by atoms with Crippen molar-refractivity contribution in [2.75, 3.05) is 0 Å². The molecule has 0 N–H and O–H groups in total. The fraction of sp³-hybridized carbons (Fsp3) is 0. The van der Waals surface area contributed by atoms with Gasteiger partial charge in [-0.05, 0) is 35.3 Å². The SMILES string of the molecule is Clc1nc(-c2cccnn2)ns1. The molecule has 0 aliphatic heterocycles. The van der Waals surface area contributed by atoms with Crippen LogP contribution < -0.4 is 0 Å². The van der Waals surface area contributed by atoms with E-state index < -0.39 is 0 Å². The van der Waals surface area contributed by atoms with Crippen molar-refractivity contribution in [3.63, 3.8) is 0 Å². The number of halogens is 1. The highest BCUT2D eigenvalue weighted by atomic mass is 35.5. The Morgan fingerprint density at radius 2 is 2.33 bits per heavy atom. The lowest BCUT2D eigenvalue weighted by Crippen LogP contribution is -1.86. The lowest BCUT2D eigenvalue weighted by molar-refractivity contribution is 1.02. The van der Waals surface area contributed by atoms with Gasteiger partial charge in [-0.15, -0.1) is 5.10 Å². The van der Waals surface area contributed by atoms with Gasteiger partial charge >= 0.3 is 0 Å². The lowest BCUT2D eigenvalue weighted by Gasteiger charge is -1.88. The quantitative estimate of drug-likeness (QED) is 0.699. The molecule has 0 bridgehead atoms. The third-order valence-corrected chi connectivity index (χ3v) is 2.00. The first-order valence-corrected chi connectivity index (χ1v) is 4.29. The summed E-state index contributed by atoms with van der Waals surface area (Å²) in [5, 5.41) is 7.54. The molecule has 0 atom stereocenters. The van der Waals surface area contributed by atoms with Gasteiger partial charge in [-0.25, -0.2) is 4.98 Å². The first kappa shape index (κ1) is 7.57. The second-order valence-corrected chi connectivity index (χ2v) is 3.31. The second-order valence-electron chi connectivity index (χ2n) is 1.98. The summed E-state index contributed by atoms with van der Waals surface area (Å²) in [5.74, 6) is 0.526. The fourth-order valence-corrected chi connectivity index (χ4v) is 1.34. The molecule has 0 unspecified atom stereocenters. The first-order chi connectivity index (χ1) is 5.86. The van der Waals surface area contributed by atoms with Crippen molar-refractivity contribution in [2.45, 2.75) is 0 Å². The number of hydrogen-bond acceptors (Lipinski definition) is 5. The van der Waals surface area contributed by atoms with Gasteiger partial charge in [0.25, 0.3) is 0 Å². The molecule has 60 valence electrons. The van der Waals surface area contributed by atoms with Gasteiger partial charge in [-0.1, -0.05) is 0 Å². The third-order valence-electron chi connectivity index (χ3n) is 1.20. The van der Waals surface area contributed by atoms with Crippen molar-refractivity contribution in [2.24, 2.45) is 0 Å². The van der Waals surface area contributed by atoms with E-state index in [-0.39, 0.29) is 0 Å². The van der Waals surface area contributed by atoms with Gasteiger partial charge < -0.3 is 0 Å². The van der Waals surface area contributed by atoms with E-state index in [0.717, 1.165) is 11.5 Å². The van der Waals surface area contributed by atoms with Gasteiger partial charge in [0.2, 0.25) is 4.47 Å². The Bertz CT molecular complexity index is 374. The molecule has 0 spiro atoms. The zero-order valence-electron chi connectivity index (χ0n) is 5.81. The van der Waals surface area contributed by atoms with Crippen molar-refractivity contribution < 1.29 is 0 Å². The fourth-order valence-electron chi connectivity index (χ4n) is 0.730. The number of nitrogens with zero attached hydrogens (tertiary/aromatic N) is 4. The van der Waals surface area contributed by atoms with Crippen LogP contribution in [0, 0.1) is 0 Å². The molecule has 0 aromatic carbocycles. The molecule has 2 heterocycles. The van der Waals surface area contributed by atoms with E-state index in [1.54, 1.807) is 18.3 Å². The number of aromatic nitrogens is 4. The summed E-state index contributed by atoms with van der Waals surface area (Å²) in [5.41, 5.74) is 0.639. The normalized spacial score (nSPS) is 10.1. The second kappa shape index (κ2) is 3.12. The van der Waals surface area contributed by atoms with Gasteiger partial charge in [0.1, 0.15) is 5.69 Å². The minimum atomic E-state index is 0.413. The molecular formula is C6H3ClN4S. The molecule has 0 saturated carbocycles. The van der Waals surface area contributed by atoms with Gasteiger partial charge in [0.15, 0.2) is 5.82 Å². The summed E-state index contributed by atoms with van der Waals surface area (Å²) in [7, 11) is 0. The monoisotopic (exact) mass is 198 g/mol. The average molecular weight is 199 g/mol. The van der Waals surface area contributed by atoms with Crippen LogP contribution in [0.15, 0.2) is 18.3 Å². The molecule has 0 fully saturated rings. The van der Waals surface area contributed by atoms with Crippen LogP contribution in [-0.4, -0.2) is 19.6 Å². The van der Waals surface area contributed by atoms with Crippen LogP contribution in [0.4, 0.5) is 0 Å². The third kappa shape index (κ3) is 1.41. The molecule has 6 heteroatoms. The van der Waals surface area contributed by atoms with E-state index in [2.05, 4.69) is 19.6 Å². The van der Waals surface area contributed by atoms with Gasteiger partial charge in [-0.2, -0.15) is 9.47 Å². The Hall–Kier alpha value is -1.07. The molecule has 0 amide bonds. The summed E-state index contributed by atoms with van der Waals surface area (Å²) < 4.78 is 4.39. The highest BCUT2D eigenvalue weighted by Crippen LogP contribution is 2.17. The minimum Gasteiger partial charge on any atom is -0.202 e. The lowest BCUT2D eigenvalue weighted by atomic mass is 10.4. The average Bonchev–Trinajstić information content (AvgIpc) is 2.54. The molecule has 4 nitrogen and oxygen atoms in total. The van der Waals surface area contributed by atoms with Crippen LogP contribution in [0.3, 0.4) is 0 Å². The van der Waals surface area contributed by atoms with E-state index in [9.17, 15) is 0 Å². The Balaban J connectivity index is 2.45. The van der Waals surface area contributed by atoms with Crippen molar-refractivity contribution >= 4 is 23.1 Å². The Labute approximate surface area is 77.4 Å². The Morgan fingerprint density at radius 1 is 1.42 bits per heavy atom. The van der Waals surface area contributed by atoms with E-state index in [1.807, 2.05) is 0 Å². The van der Waals surface area contributed by atoms with Crippen LogP contribution in [0.5, 0.6) is 0 Å². The summed E-state index contributed by atoms with van der Waals surface area (Å²) in [6, 6.07) is 3.56. The highest BCUT2D eigenvalue weighted by molar-refractivity contribution is 7.10. The Morgan fingerprint density at radius 3 is 2.92 bits per heavy atom. The standard InChI is InChI=1S/C6H3ClN4S/c7-6-9-5(11-12-6)4-2-1-3-8-10-4/h1-3H. The van der Waals surface area contributed by atoms with Gasteiger partial charge in [-0.3, -0.25) is 0 Å². The van der Waals surface area contributed by atoms with Crippen LogP contribution in [0.1, 0.15) is 0 Å². The molecule has 2 aromatic heterocycles. The van der Waals surface area contributed by atoms with Crippen molar-refractivity contribution in [3.8, 4) is 11.5 Å². The number of hydrogen-bond donors (Lipinski definition) is 0. The molecule has 0 aliphatic rings. The maximum absolute atomic E-state index is 5.61.